The molecule has 1 heterocycles. The number of rotatable bonds is 2. The van der Waals surface area contributed by atoms with E-state index in [0.717, 1.165) is 16.7 Å². The Hall–Kier alpha value is -2.75. The molecule has 0 saturated heterocycles. The summed E-state index contributed by atoms with van der Waals surface area (Å²) in [5, 5.41) is 0. The molecule has 0 saturated carbocycles. The van der Waals surface area contributed by atoms with E-state index in [1.54, 1.807) is 24.5 Å². The maximum Gasteiger partial charge on any atom is 0.159 e. The number of anilines is 1. The summed E-state index contributed by atoms with van der Waals surface area (Å²) in [4.78, 5) is 8.66. The topological polar surface area (TPSA) is 51.8 Å². The molecule has 4 heteroatoms. The van der Waals surface area contributed by atoms with Gasteiger partial charge in [0.15, 0.2) is 5.82 Å². The molecule has 0 aliphatic heterocycles. The van der Waals surface area contributed by atoms with Gasteiger partial charge in [0.2, 0.25) is 0 Å². The summed E-state index contributed by atoms with van der Waals surface area (Å²) >= 11 is 0. The second-order valence-electron chi connectivity index (χ2n) is 4.43. The van der Waals surface area contributed by atoms with E-state index < -0.39 is 0 Å². The SMILES string of the molecule is Nc1cccc(-c2ncc(-c3ccc(F)cc3)cn2)c1. The average Bonchev–Trinajstić information content (AvgIpc) is 2.48. The number of halogens is 1. The number of benzene rings is 2. The highest BCUT2D eigenvalue weighted by Gasteiger charge is 2.03. The van der Waals surface area contributed by atoms with Crippen molar-refractivity contribution in [3.8, 4) is 22.5 Å². The van der Waals surface area contributed by atoms with E-state index >= 15 is 0 Å². The predicted octanol–water partition coefficient (Wildman–Crippen LogP) is 3.53. The molecule has 2 N–H and O–H groups in total. The van der Waals surface area contributed by atoms with Crippen LogP contribution in [0, 0.1) is 5.82 Å². The van der Waals surface area contributed by atoms with E-state index in [2.05, 4.69) is 9.97 Å². The molecule has 2 aromatic carbocycles. The Morgan fingerprint density at radius 3 is 2.15 bits per heavy atom. The molecule has 0 spiro atoms. The average molecular weight is 265 g/mol. The quantitative estimate of drug-likeness (QED) is 0.721. The fourth-order valence-corrected chi connectivity index (χ4v) is 1.95. The Bertz CT molecular complexity index is 721. The van der Waals surface area contributed by atoms with Crippen LogP contribution in [0.4, 0.5) is 10.1 Å². The molecule has 3 aromatic rings. The third-order valence-electron chi connectivity index (χ3n) is 2.97. The maximum absolute atomic E-state index is 12.9. The van der Waals surface area contributed by atoms with Gasteiger partial charge in [-0.1, -0.05) is 24.3 Å². The fraction of sp³-hybridized carbons (Fsp3) is 0. The van der Waals surface area contributed by atoms with Crippen LogP contribution in [0.2, 0.25) is 0 Å². The van der Waals surface area contributed by atoms with Gasteiger partial charge < -0.3 is 5.73 Å². The van der Waals surface area contributed by atoms with E-state index in [9.17, 15) is 4.39 Å². The second-order valence-corrected chi connectivity index (χ2v) is 4.43. The summed E-state index contributed by atoms with van der Waals surface area (Å²) in [6.07, 6.45) is 3.44. The van der Waals surface area contributed by atoms with Gasteiger partial charge in [-0.15, -0.1) is 0 Å². The molecule has 0 aliphatic rings. The van der Waals surface area contributed by atoms with Gasteiger partial charge >= 0.3 is 0 Å². The fourth-order valence-electron chi connectivity index (χ4n) is 1.95. The van der Waals surface area contributed by atoms with E-state index in [1.165, 1.54) is 12.1 Å². The highest BCUT2D eigenvalue weighted by molar-refractivity contribution is 5.65. The predicted molar refractivity (Wildman–Crippen MR) is 77.3 cm³/mol. The van der Waals surface area contributed by atoms with E-state index in [4.69, 9.17) is 5.73 Å². The summed E-state index contributed by atoms with van der Waals surface area (Å²) in [5.41, 5.74) is 9.01. The first-order valence-electron chi connectivity index (χ1n) is 6.16. The van der Waals surface area contributed by atoms with Crippen LogP contribution in [-0.4, -0.2) is 9.97 Å². The van der Waals surface area contributed by atoms with Crippen LogP contribution in [0.15, 0.2) is 60.9 Å². The lowest BCUT2D eigenvalue weighted by molar-refractivity contribution is 0.628. The van der Waals surface area contributed by atoms with Gasteiger partial charge in [-0.25, -0.2) is 14.4 Å². The number of hydrogen-bond donors (Lipinski definition) is 1. The van der Waals surface area contributed by atoms with E-state index in [-0.39, 0.29) is 5.82 Å². The van der Waals surface area contributed by atoms with Gasteiger partial charge in [0, 0.05) is 29.2 Å². The minimum atomic E-state index is -0.258. The zero-order valence-corrected chi connectivity index (χ0v) is 10.6. The monoisotopic (exact) mass is 265 g/mol. The normalized spacial score (nSPS) is 10.4. The highest BCUT2D eigenvalue weighted by Crippen LogP contribution is 2.21. The molecule has 3 nitrogen and oxygen atoms in total. The third kappa shape index (κ3) is 2.49. The van der Waals surface area contributed by atoms with Crippen molar-refractivity contribution < 1.29 is 4.39 Å². The zero-order chi connectivity index (χ0) is 13.9. The molecule has 0 atom stereocenters. The van der Waals surface area contributed by atoms with Crippen LogP contribution in [0.5, 0.6) is 0 Å². The molecule has 0 aliphatic carbocycles. The lowest BCUT2D eigenvalue weighted by Gasteiger charge is -2.04. The van der Waals surface area contributed by atoms with Crippen molar-refractivity contribution in [2.45, 2.75) is 0 Å². The minimum absolute atomic E-state index is 0.258. The smallest absolute Gasteiger partial charge is 0.159 e. The molecule has 20 heavy (non-hydrogen) atoms. The Morgan fingerprint density at radius 1 is 0.800 bits per heavy atom. The third-order valence-corrected chi connectivity index (χ3v) is 2.97. The van der Waals surface area contributed by atoms with Crippen LogP contribution in [-0.2, 0) is 0 Å². The molecule has 0 unspecified atom stereocenters. The number of nitrogens with two attached hydrogens (primary N) is 1. The molecule has 0 radical (unpaired) electrons. The molecule has 0 fully saturated rings. The molecule has 0 bridgehead atoms. The van der Waals surface area contributed by atoms with Crippen LogP contribution >= 0.6 is 0 Å². The maximum atomic E-state index is 12.9. The molecule has 98 valence electrons. The number of hydrogen-bond acceptors (Lipinski definition) is 3. The number of nitrogens with zero attached hydrogens (tertiary/aromatic N) is 2. The number of aromatic nitrogens is 2. The van der Waals surface area contributed by atoms with Gasteiger partial charge in [0.25, 0.3) is 0 Å². The van der Waals surface area contributed by atoms with Gasteiger partial charge in [-0.05, 0) is 29.8 Å². The molecular formula is C16H12FN3. The Labute approximate surface area is 115 Å². The van der Waals surface area contributed by atoms with Gasteiger partial charge in [-0.2, -0.15) is 0 Å². The summed E-state index contributed by atoms with van der Waals surface area (Å²) < 4.78 is 12.9. The lowest BCUT2D eigenvalue weighted by atomic mass is 10.1. The molecule has 3 rings (SSSR count). The Balaban J connectivity index is 1.93. The van der Waals surface area contributed by atoms with Crippen molar-refractivity contribution in [3.05, 3.63) is 66.7 Å². The van der Waals surface area contributed by atoms with Gasteiger partial charge in [-0.3, -0.25) is 0 Å². The summed E-state index contributed by atoms with van der Waals surface area (Å²) in [6.45, 7) is 0. The van der Waals surface area contributed by atoms with Gasteiger partial charge in [0.1, 0.15) is 5.82 Å². The first-order valence-corrected chi connectivity index (χ1v) is 6.16. The highest BCUT2D eigenvalue weighted by atomic mass is 19.1. The van der Waals surface area contributed by atoms with Crippen LogP contribution in [0.25, 0.3) is 22.5 Å². The molecular weight excluding hydrogens is 253 g/mol. The molecule has 0 amide bonds. The van der Waals surface area contributed by atoms with Crippen molar-refractivity contribution in [1.82, 2.24) is 9.97 Å². The number of nitrogen functional groups attached to an aromatic ring is 1. The lowest BCUT2D eigenvalue weighted by Crippen LogP contribution is -1.91. The Kier molecular flexibility index (Phi) is 3.13. The summed E-state index contributed by atoms with van der Waals surface area (Å²) in [7, 11) is 0. The first kappa shape index (κ1) is 12.3. The summed E-state index contributed by atoms with van der Waals surface area (Å²) in [5.74, 6) is 0.356. The van der Waals surface area contributed by atoms with Gasteiger partial charge in [0.05, 0.1) is 0 Å². The van der Waals surface area contributed by atoms with Crippen molar-refractivity contribution in [2.24, 2.45) is 0 Å². The standard InChI is InChI=1S/C16H12FN3/c17-14-6-4-11(5-7-14)13-9-19-16(20-10-13)12-2-1-3-15(18)8-12/h1-10H,18H2. The zero-order valence-electron chi connectivity index (χ0n) is 10.6. The largest absolute Gasteiger partial charge is 0.399 e. The second kappa shape index (κ2) is 5.09. The van der Waals surface area contributed by atoms with Crippen molar-refractivity contribution in [2.75, 3.05) is 5.73 Å². The minimum Gasteiger partial charge on any atom is -0.399 e. The van der Waals surface area contributed by atoms with Crippen molar-refractivity contribution in [1.29, 1.82) is 0 Å². The van der Waals surface area contributed by atoms with Crippen LogP contribution in [0.3, 0.4) is 0 Å². The van der Waals surface area contributed by atoms with Crippen LogP contribution in [0.1, 0.15) is 0 Å². The van der Waals surface area contributed by atoms with Crippen molar-refractivity contribution >= 4 is 5.69 Å². The van der Waals surface area contributed by atoms with E-state index in [1.807, 2.05) is 24.3 Å². The van der Waals surface area contributed by atoms with Crippen LogP contribution < -0.4 is 5.73 Å². The van der Waals surface area contributed by atoms with Crippen molar-refractivity contribution in [3.63, 3.8) is 0 Å². The van der Waals surface area contributed by atoms with E-state index in [0.29, 0.717) is 11.5 Å². The summed E-state index contributed by atoms with van der Waals surface area (Å²) in [6, 6.07) is 13.7. The Morgan fingerprint density at radius 2 is 1.50 bits per heavy atom. The molecule has 1 aromatic heterocycles. The first-order chi connectivity index (χ1) is 9.72.